The molecule has 18 heavy (non-hydrogen) atoms. The van der Waals surface area contributed by atoms with E-state index >= 15 is 0 Å². The fourth-order valence-electron chi connectivity index (χ4n) is 1.50. The van der Waals surface area contributed by atoms with Gasteiger partial charge in [-0.05, 0) is 25.1 Å². The lowest BCUT2D eigenvalue weighted by Gasteiger charge is -2.10. The van der Waals surface area contributed by atoms with Crippen molar-refractivity contribution in [3.8, 4) is 0 Å². The van der Waals surface area contributed by atoms with Crippen LogP contribution < -0.4 is 10.6 Å². The van der Waals surface area contributed by atoms with Gasteiger partial charge in [-0.25, -0.2) is 4.98 Å². The van der Waals surface area contributed by atoms with E-state index in [-0.39, 0.29) is 0 Å². The van der Waals surface area contributed by atoms with E-state index in [0.717, 1.165) is 5.69 Å². The van der Waals surface area contributed by atoms with Gasteiger partial charge in [-0.1, -0.05) is 40.9 Å². The largest absolute Gasteiger partial charge is 0.372 e. The Morgan fingerprint density at radius 3 is 2.22 bits per heavy atom. The van der Waals surface area contributed by atoms with Crippen molar-refractivity contribution in [2.75, 3.05) is 17.7 Å². The summed E-state index contributed by atoms with van der Waals surface area (Å²) < 4.78 is 0. The van der Waals surface area contributed by atoms with Crippen molar-refractivity contribution in [2.24, 2.45) is 0 Å². The van der Waals surface area contributed by atoms with Gasteiger partial charge in [0, 0.05) is 12.7 Å². The minimum absolute atomic E-state index is 0.486. The number of aromatic nitrogens is 1. The summed E-state index contributed by atoms with van der Waals surface area (Å²) >= 11 is 12.1. The van der Waals surface area contributed by atoms with Crippen LogP contribution in [0.3, 0.4) is 0 Å². The summed E-state index contributed by atoms with van der Waals surface area (Å²) in [6.07, 6.45) is 0. The molecule has 0 amide bonds. The molecule has 1 aromatic heterocycles. The van der Waals surface area contributed by atoms with Crippen LogP contribution in [0.15, 0.2) is 30.3 Å². The summed E-state index contributed by atoms with van der Waals surface area (Å²) in [5.74, 6) is 1.17. The van der Waals surface area contributed by atoms with Gasteiger partial charge in [-0.3, -0.25) is 0 Å². The standard InChI is InChI=1S/C13H13Cl2N3/c1-8-3-5-9(6-4-8)17-13-11(15)7-10(14)12(16-2)18-13/h3-7H,1-2H3,(H2,16,17,18). The van der Waals surface area contributed by atoms with Crippen molar-refractivity contribution in [1.82, 2.24) is 4.98 Å². The van der Waals surface area contributed by atoms with E-state index < -0.39 is 0 Å². The van der Waals surface area contributed by atoms with Crippen molar-refractivity contribution in [3.05, 3.63) is 45.9 Å². The Bertz CT molecular complexity index is 553. The number of hydrogen-bond donors (Lipinski definition) is 2. The second-order valence-electron chi connectivity index (χ2n) is 3.89. The van der Waals surface area contributed by atoms with E-state index in [1.807, 2.05) is 31.2 Å². The molecule has 2 N–H and O–H groups in total. The molecule has 0 bridgehead atoms. The predicted octanol–water partition coefficient (Wildman–Crippen LogP) is 4.48. The third kappa shape index (κ3) is 2.86. The number of pyridine rings is 1. The number of aryl methyl sites for hydroxylation is 1. The second-order valence-corrected chi connectivity index (χ2v) is 4.70. The Balaban J connectivity index is 2.31. The van der Waals surface area contributed by atoms with Crippen molar-refractivity contribution >= 4 is 40.5 Å². The SMILES string of the molecule is CNc1nc(Nc2ccc(C)cc2)c(Cl)cc1Cl. The first-order chi connectivity index (χ1) is 8.60. The summed E-state index contributed by atoms with van der Waals surface area (Å²) in [4.78, 5) is 4.32. The van der Waals surface area contributed by atoms with Gasteiger partial charge >= 0.3 is 0 Å². The average molecular weight is 282 g/mol. The molecule has 0 aliphatic heterocycles. The first-order valence-electron chi connectivity index (χ1n) is 5.47. The van der Waals surface area contributed by atoms with E-state index in [1.54, 1.807) is 13.1 Å². The van der Waals surface area contributed by atoms with E-state index in [9.17, 15) is 0 Å². The first kappa shape index (κ1) is 13.0. The van der Waals surface area contributed by atoms with Gasteiger partial charge in [0.25, 0.3) is 0 Å². The third-order valence-corrected chi connectivity index (χ3v) is 3.06. The fourth-order valence-corrected chi connectivity index (χ4v) is 2.00. The molecule has 1 heterocycles. The molecule has 2 aromatic rings. The van der Waals surface area contributed by atoms with Gasteiger partial charge in [0.15, 0.2) is 5.82 Å². The highest BCUT2D eigenvalue weighted by Crippen LogP contribution is 2.30. The molecule has 2 rings (SSSR count). The second kappa shape index (κ2) is 5.46. The van der Waals surface area contributed by atoms with Crippen molar-refractivity contribution in [3.63, 3.8) is 0 Å². The molecule has 0 unspecified atom stereocenters. The van der Waals surface area contributed by atoms with Crippen LogP contribution in [0.1, 0.15) is 5.56 Å². The summed E-state index contributed by atoms with van der Waals surface area (Å²) in [7, 11) is 1.76. The molecule has 0 saturated carbocycles. The van der Waals surface area contributed by atoms with Crippen LogP contribution in [0.5, 0.6) is 0 Å². The molecule has 94 valence electrons. The maximum atomic E-state index is 6.10. The zero-order valence-corrected chi connectivity index (χ0v) is 11.6. The topological polar surface area (TPSA) is 37.0 Å². The van der Waals surface area contributed by atoms with Gasteiger partial charge in [-0.2, -0.15) is 0 Å². The van der Waals surface area contributed by atoms with E-state index in [0.29, 0.717) is 21.7 Å². The molecule has 3 nitrogen and oxygen atoms in total. The summed E-state index contributed by atoms with van der Waals surface area (Å²) in [6, 6.07) is 9.65. The molecule has 0 saturated heterocycles. The highest BCUT2D eigenvalue weighted by atomic mass is 35.5. The minimum atomic E-state index is 0.486. The normalized spacial score (nSPS) is 10.2. The third-order valence-electron chi connectivity index (χ3n) is 2.48. The Kier molecular flexibility index (Phi) is 3.94. The molecule has 5 heteroatoms. The molecular weight excluding hydrogens is 269 g/mol. The van der Waals surface area contributed by atoms with Crippen molar-refractivity contribution < 1.29 is 0 Å². The molecular formula is C13H13Cl2N3. The van der Waals surface area contributed by atoms with Gasteiger partial charge < -0.3 is 10.6 Å². The van der Waals surface area contributed by atoms with Crippen LogP contribution in [-0.2, 0) is 0 Å². The van der Waals surface area contributed by atoms with Crippen LogP contribution in [0.2, 0.25) is 10.0 Å². The summed E-state index contributed by atoms with van der Waals surface area (Å²) in [5.41, 5.74) is 2.13. The van der Waals surface area contributed by atoms with Gasteiger partial charge in [0.1, 0.15) is 5.82 Å². The number of halogens is 2. The van der Waals surface area contributed by atoms with Gasteiger partial charge in [0.05, 0.1) is 10.0 Å². The zero-order valence-electron chi connectivity index (χ0n) is 10.1. The number of benzene rings is 1. The number of nitrogens with one attached hydrogen (secondary N) is 2. The number of anilines is 3. The van der Waals surface area contributed by atoms with Crippen LogP contribution in [0.25, 0.3) is 0 Å². The minimum Gasteiger partial charge on any atom is -0.372 e. The van der Waals surface area contributed by atoms with Crippen LogP contribution in [0.4, 0.5) is 17.3 Å². The highest BCUT2D eigenvalue weighted by molar-refractivity contribution is 6.37. The maximum absolute atomic E-state index is 6.10. The van der Waals surface area contributed by atoms with E-state index in [1.165, 1.54) is 5.56 Å². The quantitative estimate of drug-likeness (QED) is 0.871. The first-order valence-corrected chi connectivity index (χ1v) is 6.23. The molecule has 0 fully saturated rings. The summed E-state index contributed by atoms with van der Waals surface area (Å²) in [6.45, 7) is 2.04. The monoisotopic (exact) mass is 281 g/mol. The Hall–Kier alpha value is -1.45. The Labute approximate surface area is 116 Å². The lowest BCUT2D eigenvalue weighted by atomic mass is 10.2. The van der Waals surface area contributed by atoms with Gasteiger partial charge in [-0.15, -0.1) is 0 Å². The fraction of sp³-hybridized carbons (Fsp3) is 0.154. The summed E-state index contributed by atoms with van der Waals surface area (Å²) in [5, 5.41) is 7.06. The van der Waals surface area contributed by atoms with Crippen LogP contribution in [0, 0.1) is 6.92 Å². The maximum Gasteiger partial charge on any atom is 0.151 e. The van der Waals surface area contributed by atoms with Crippen molar-refractivity contribution in [2.45, 2.75) is 6.92 Å². The number of hydrogen-bond acceptors (Lipinski definition) is 3. The molecule has 1 aromatic carbocycles. The molecule has 0 aliphatic rings. The molecule has 0 aliphatic carbocycles. The van der Waals surface area contributed by atoms with E-state index in [4.69, 9.17) is 23.2 Å². The lowest BCUT2D eigenvalue weighted by molar-refractivity contribution is 1.27. The molecule has 0 spiro atoms. The van der Waals surface area contributed by atoms with Gasteiger partial charge in [0.2, 0.25) is 0 Å². The van der Waals surface area contributed by atoms with Crippen LogP contribution >= 0.6 is 23.2 Å². The smallest absolute Gasteiger partial charge is 0.151 e. The average Bonchev–Trinajstić information content (AvgIpc) is 2.35. The Morgan fingerprint density at radius 2 is 1.61 bits per heavy atom. The van der Waals surface area contributed by atoms with Crippen molar-refractivity contribution in [1.29, 1.82) is 0 Å². The molecule has 0 radical (unpaired) electrons. The number of rotatable bonds is 3. The number of nitrogens with zero attached hydrogens (tertiary/aromatic N) is 1. The zero-order chi connectivity index (χ0) is 13.1. The predicted molar refractivity (Wildman–Crippen MR) is 78.3 cm³/mol. The molecule has 0 atom stereocenters. The highest BCUT2D eigenvalue weighted by Gasteiger charge is 2.08. The Morgan fingerprint density at radius 1 is 1.00 bits per heavy atom. The van der Waals surface area contributed by atoms with Crippen LogP contribution in [-0.4, -0.2) is 12.0 Å². The lowest BCUT2D eigenvalue weighted by Crippen LogP contribution is -1.99. The van der Waals surface area contributed by atoms with E-state index in [2.05, 4.69) is 15.6 Å².